The topological polar surface area (TPSA) is 38.3 Å². The minimum atomic E-state index is -0.0234. The van der Waals surface area contributed by atoms with Gasteiger partial charge in [0.05, 0.1) is 5.69 Å². The van der Waals surface area contributed by atoms with Crippen LogP contribution in [0.2, 0.25) is 0 Å². The largest absolute Gasteiger partial charge is 0.455 e. The predicted octanol–water partition coefficient (Wildman–Crippen LogP) is 5.36. The molecule has 0 aromatic heterocycles. The van der Waals surface area contributed by atoms with Gasteiger partial charge < -0.3 is 10.1 Å². The Morgan fingerprint density at radius 1 is 0.880 bits per heavy atom. The van der Waals surface area contributed by atoms with Crippen LogP contribution < -0.4 is 10.1 Å². The van der Waals surface area contributed by atoms with Crippen molar-refractivity contribution in [2.75, 3.05) is 5.32 Å². The van der Waals surface area contributed by atoms with E-state index in [2.05, 4.69) is 36.5 Å². The fraction of sp³-hybridized carbons (Fsp3) is 0.136. The van der Waals surface area contributed by atoms with Gasteiger partial charge in [0.2, 0.25) is 5.91 Å². The molecule has 0 heterocycles. The molecule has 126 valence electrons. The summed E-state index contributed by atoms with van der Waals surface area (Å²) in [6.45, 7) is 2.06. The van der Waals surface area contributed by atoms with Gasteiger partial charge in [-0.25, -0.2) is 0 Å². The Bertz CT molecular complexity index is 826. The van der Waals surface area contributed by atoms with Crippen LogP contribution in [0.5, 0.6) is 11.5 Å². The average Bonchev–Trinajstić information content (AvgIpc) is 2.64. The summed E-state index contributed by atoms with van der Waals surface area (Å²) < 4.78 is 5.87. The molecule has 0 spiro atoms. The van der Waals surface area contributed by atoms with E-state index >= 15 is 0 Å². The molecule has 3 heteroatoms. The molecular formula is C22H21NO2. The monoisotopic (exact) mass is 331 g/mol. The van der Waals surface area contributed by atoms with Gasteiger partial charge in [-0.2, -0.15) is 0 Å². The van der Waals surface area contributed by atoms with Gasteiger partial charge in [0.25, 0.3) is 0 Å². The van der Waals surface area contributed by atoms with E-state index in [-0.39, 0.29) is 5.91 Å². The van der Waals surface area contributed by atoms with E-state index in [1.54, 1.807) is 0 Å². The number of para-hydroxylation sites is 3. The zero-order valence-corrected chi connectivity index (χ0v) is 14.2. The lowest BCUT2D eigenvalue weighted by atomic mass is 10.1. The van der Waals surface area contributed by atoms with E-state index in [9.17, 15) is 4.79 Å². The third-order valence-electron chi connectivity index (χ3n) is 3.89. The predicted molar refractivity (Wildman–Crippen MR) is 101 cm³/mol. The molecule has 25 heavy (non-hydrogen) atoms. The summed E-state index contributed by atoms with van der Waals surface area (Å²) in [5.74, 6) is 1.35. The minimum Gasteiger partial charge on any atom is -0.455 e. The van der Waals surface area contributed by atoms with Crippen molar-refractivity contribution in [2.45, 2.75) is 19.8 Å². The summed E-state index contributed by atoms with van der Waals surface area (Å²) in [4.78, 5) is 12.3. The second-order valence-corrected chi connectivity index (χ2v) is 5.95. The number of nitrogens with one attached hydrogen (secondary N) is 1. The Morgan fingerprint density at radius 2 is 1.56 bits per heavy atom. The standard InChI is InChI=1S/C22H21NO2/c1-17-11-13-18(14-12-17)15-16-22(24)23-20-9-5-6-10-21(20)25-19-7-3-2-4-8-19/h2-14H,15-16H2,1H3,(H,23,24). The number of anilines is 1. The van der Waals surface area contributed by atoms with Crippen LogP contribution in [0.3, 0.4) is 0 Å². The molecule has 1 N–H and O–H groups in total. The molecule has 0 aliphatic rings. The van der Waals surface area contributed by atoms with E-state index in [1.807, 2.05) is 54.6 Å². The first kappa shape index (κ1) is 16.8. The molecular weight excluding hydrogens is 310 g/mol. The number of amides is 1. The van der Waals surface area contributed by atoms with Crippen molar-refractivity contribution in [1.82, 2.24) is 0 Å². The van der Waals surface area contributed by atoms with Gasteiger partial charge in [-0.3, -0.25) is 4.79 Å². The molecule has 0 aliphatic heterocycles. The first-order chi connectivity index (χ1) is 12.2. The number of rotatable bonds is 6. The molecule has 3 nitrogen and oxygen atoms in total. The van der Waals surface area contributed by atoms with E-state index < -0.39 is 0 Å². The molecule has 1 amide bonds. The van der Waals surface area contributed by atoms with Crippen molar-refractivity contribution in [3.05, 3.63) is 90.0 Å². The number of carbonyl (C=O) groups excluding carboxylic acids is 1. The number of ether oxygens (including phenoxy) is 1. The molecule has 0 radical (unpaired) electrons. The Labute approximate surface area is 148 Å². The van der Waals surface area contributed by atoms with Crippen LogP contribution in [-0.2, 0) is 11.2 Å². The minimum absolute atomic E-state index is 0.0234. The highest BCUT2D eigenvalue weighted by Gasteiger charge is 2.08. The molecule has 0 saturated heterocycles. The highest BCUT2D eigenvalue weighted by Crippen LogP contribution is 2.29. The van der Waals surface area contributed by atoms with E-state index in [1.165, 1.54) is 5.56 Å². The molecule has 3 aromatic rings. The lowest BCUT2D eigenvalue weighted by Crippen LogP contribution is -2.13. The van der Waals surface area contributed by atoms with Gasteiger partial charge in [-0.15, -0.1) is 0 Å². The quantitative estimate of drug-likeness (QED) is 0.660. The first-order valence-electron chi connectivity index (χ1n) is 8.38. The van der Waals surface area contributed by atoms with Crippen molar-refractivity contribution in [2.24, 2.45) is 0 Å². The second kappa shape index (κ2) is 8.15. The summed E-state index contributed by atoms with van der Waals surface area (Å²) in [7, 11) is 0. The van der Waals surface area contributed by atoms with Gasteiger partial charge in [0.15, 0.2) is 5.75 Å². The summed E-state index contributed by atoms with van der Waals surface area (Å²) in [5, 5.41) is 2.95. The third-order valence-corrected chi connectivity index (χ3v) is 3.89. The van der Waals surface area contributed by atoms with Crippen LogP contribution >= 0.6 is 0 Å². The van der Waals surface area contributed by atoms with Crippen molar-refractivity contribution in [1.29, 1.82) is 0 Å². The van der Waals surface area contributed by atoms with Crippen LogP contribution in [0.25, 0.3) is 0 Å². The highest BCUT2D eigenvalue weighted by atomic mass is 16.5. The van der Waals surface area contributed by atoms with Gasteiger partial charge in [0.1, 0.15) is 5.75 Å². The molecule has 3 rings (SSSR count). The zero-order chi connectivity index (χ0) is 17.5. The fourth-order valence-corrected chi connectivity index (χ4v) is 2.50. The maximum atomic E-state index is 12.3. The second-order valence-electron chi connectivity index (χ2n) is 5.95. The molecule has 3 aromatic carbocycles. The Kier molecular flexibility index (Phi) is 5.47. The maximum Gasteiger partial charge on any atom is 0.224 e. The third kappa shape index (κ3) is 4.95. The number of hydrogen-bond donors (Lipinski definition) is 1. The number of benzene rings is 3. The summed E-state index contributed by atoms with van der Waals surface area (Å²) in [6.07, 6.45) is 1.15. The number of carbonyl (C=O) groups is 1. The van der Waals surface area contributed by atoms with E-state index in [4.69, 9.17) is 4.74 Å². The van der Waals surface area contributed by atoms with Crippen molar-refractivity contribution in [3.8, 4) is 11.5 Å². The van der Waals surface area contributed by atoms with Crippen LogP contribution in [0, 0.1) is 6.92 Å². The van der Waals surface area contributed by atoms with Gasteiger partial charge in [-0.1, -0.05) is 60.2 Å². The highest BCUT2D eigenvalue weighted by molar-refractivity contribution is 5.92. The molecule has 0 aliphatic carbocycles. The van der Waals surface area contributed by atoms with Crippen LogP contribution in [-0.4, -0.2) is 5.91 Å². The van der Waals surface area contributed by atoms with Gasteiger partial charge in [0, 0.05) is 6.42 Å². The number of hydrogen-bond acceptors (Lipinski definition) is 2. The molecule has 0 fully saturated rings. The zero-order valence-electron chi connectivity index (χ0n) is 14.2. The Morgan fingerprint density at radius 3 is 2.32 bits per heavy atom. The fourth-order valence-electron chi connectivity index (χ4n) is 2.50. The summed E-state index contributed by atoms with van der Waals surface area (Å²) in [5.41, 5.74) is 3.06. The molecule has 0 atom stereocenters. The lowest BCUT2D eigenvalue weighted by Gasteiger charge is -2.12. The van der Waals surface area contributed by atoms with Crippen molar-refractivity contribution < 1.29 is 9.53 Å². The SMILES string of the molecule is Cc1ccc(CCC(=O)Nc2ccccc2Oc2ccccc2)cc1. The van der Waals surface area contributed by atoms with E-state index in [0.29, 0.717) is 24.3 Å². The number of aryl methyl sites for hydroxylation is 2. The maximum absolute atomic E-state index is 12.3. The van der Waals surface area contributed by atoms with E-state index in [0.717, 1.165) is 11.3 Å². The smallest absolute Gasteiger partial charge is 0.224 e. The van der Waals surface area contributed by atoms with Crippen molar-refractivity contribution in [3.63, 3.8) is 0 Å². The molecule has 0 unspecified atom stereocenters. The normalized spacial score (nSPS) is 10.3. The average molecular weight is 331 g/mol. The van der Waals surface area contributed by atoms with Crippen LogP contribution in [0.4, 0.5) is 5.69 Å². The summed E-state index contributed by atoms with van der Waals surface area (Å²) in [6, 6.07) is 25.3. The summed E-state index contributed by atoms with van der Waals surface area (Å²) >= 11 is 0. The Balaban J connectivity index is 1.62. The van der Waals surface area contributed by atoms with Crippen LogP contribution in [0.15, 0.2) is 78.9 Å². The lowest BCUT2D eigenvalue weighted by molar-refractivity contribution is -0.116. The van der Waals surface area contributed by atoms with Gasteiger partial charge >= 0.3 is 0 Å². The van der Waals surface area contributed by atoms with Crippen molar-refractivity contribution >= 4 is 11.6 Å². The molecule has 0 saturated carbocycles. The van der Waals surface area contributed by atoms with Crippen LogP contribution in [0.1, 0.15) is 17.5 Å². The van der Waals surface area contributed by atoms with Gasteiger partial charge in [-0.05, 0) is 43.2 Å². The molecule has 0 bridgehead atoms. The Hall–Kier alpha value is -3.07. The first-order valence-corrected chi connectivity index (χ1v) is 8.38.